The van der Waals surface area contributed by atoms with Crippen molar-refractivity contribution in [2.24, 2.45) is 0 Å². The maximum atomic E-state index is 12.3. The Morgan fingerprint density at radius 3 is 2.70 bits per heavy atom. The molecular weight excluding hydrogens is 292 g/mol. The zero-order chi connectivity index (χ0) is 16.7. The number of amides is 1. The summed E-state index contributed by atoms with van der Waals surface area (Å²) in [4.78, 5) is 16.5. The van der Waals surface area contributed by atoms with E-state index in [0.29, 0.717) is 13.0 Å². The van der Waals surface area contributed by atoms with Crippen LogP contribution in [-0.2, 0) is 11.2 Å². The molecule has 1 aromatic carbocycles. The summed E-state index contributed by atoms with van der Waals surface area (Å²) in [6, 6.07) is 7.88. The van der Waals surface area contributed by atoms with Crippen LogP contribution in [0.3, 0.4) is 0 Å². The van der Waals surface area contributed by atoms with E-state index in [2.05, 4.69) is 4.90 Å². The fraction of sp³-hybridized carbons (Fsp3) is 0.611. The van der Waals surface area contributed by atoms with Crippen molar-refractivity contribution in [2.45, 2.75) is 32.3 Å². The van der Waals surface area contributed by atoms with Gasteiger partial charge >= 0.3 is 0 Å². The van der Waals surface area contributed by atoms with E-state index in [0.717, 1.165) is 50.3 Å². The zero-order valence-electron chi connectivity index (χ0n) is 14.2. The van der Waals surface area contributed by atoms with Gasteiger partial charge in [-0.15, -0.1) is 0 Å². The number of hydrogen-bond donors (Lipinski definition) is 1. The normalized spacial score (nSPS) is 17.1. The number of β-amino-alcohol motifs (C(OH)–C–C–N with tert-alkyl or cyclic N) is 1. The van der Waals surface area contributed by atoms with Crippen LogP contribution in [0.5, 0.6) is 5.75 Å². The van der Waals surface area contributed by atoms with Crippen molar-refractivity contribution >= 4 is 5.91 Å². The molecule has 1 fully saturated rings. The molecule has 128 valence electrons. The lowest BCUT2D eigenvalue weighted by Crippen LogP contribution is -2.50. The quantitative estimate of drug-likeness (QED) is 0.828. The first-order chi connectivity index (χ1) is 11.1. The van der Waals surface area contributed by atoms with Crippen LogP contribution in [-0.4, -0.2) is 66.8 Å². The summed E-state index contributed by atoms with van der Waals surface area (Å²) in [7, 11) is 1.65. The summed E-state index contributed by atoms with van der Waals surface area (Å²) in [5.74, 6) is 1.04. The number of benzene rings is 1. The predicted molar refractivity (Wildman–Crippen MR) is 90.6 cm³/mol. The molecule has 0 radical (unpaired) electrons. The SMILES string of the molecule is CC[C@H](O)CN1CCN(C(=O)CCc2cccc(OC)c2)CC1. The summed E-state index contributed by atoms with van der Waals surface area (Å²) in [5.41, 5.74) is 1.13. The molecule has 1 aliphatic rings. The molecule has 1 aromatic rings. The van der Waals surface area contributed by atoms with Crippen molar-refractivity contribution < 1.29 is 14.6 Å². The molecule has 0 spiro atoms. The van der Waals surface area contributed by atoms with Gasteiger partial charge in [0.05, 0.1) is 13.2 Å². The number of nitrogens with zero attached hydrogens (tertiary/aromatic N) is 2. The van der Waals surface area contributed by atoms with Gasteiger partial charge in [0.15, 0.2) is 0 Å². The average molecular weight is 320 g/mol. The largest absolute Gasteiger partial charge is 0.497 e. The number of carbonyl (C=O) groups excluding carboxylic acids is 1. The van der Waals surface area contributed by atoms with Gasteiger partial charge < -0.3 is 14.7 Å². The molecule has 0 unspecified atom stereocenters. The Bertz CT molecular complexity index is 499. The zero-order valence-corrected chi connectivity index (χ0v) is 14.2. The molecule has 1 heterocycles. The minimum Gasteiger partial charge on any atom is -0.497 e. The molecule has 0 saturated carbocycles. The molecule has 23 heavy (non-hydrogen) atoms. The Morgan fingerprint density at radius 1 is 1.30 bits per heavy atom. The number of aliphatic hydroxyl groups excluding tert-OH is 1. The van der Waals surface area contributed by atoms with Crippen LogP contribution < -0.4 is 4.74 Å². The number of carbonyl (C=O) groups is 1. The minimum atomic E-state index is -0.259. The second-order valence-electron chi connectivity index (χ2n) is 6.09. The first-order valence-corrected chi connectivity index (χ1v) is 8.43. The van der Waals surface area contributed by atoms with Crippen molar-refractivity contribution in [2.75, 3.05) is 39.8 Å². The van der Waals surface area contributed by atoms with Gasteiger partial charge in [0, 0.05) is 39.1 Å². The number of aryl methyl sites for hydroxylation is 1. The van der Waals surface area contributed by atoms with Gasteiger partial charge in [-0.05, 0) is 30.5 Å². The number of aliphatic hydroxyl groups is 1. The molecule has 5 nitrogen and oxygen atoms in total. The van der Waals surface area contributed by atoms with E-state index in [1.165, 1.54) is 0 Å². The van der Waals surface area contributed by atoms with Crippen LogP contribution in [0.25, 0.3) is 0 Å². The molecule has 0 aliphatic carbocycles. The number of piperazine rings is 1. The van der Waals surface area contributed by atoms with Crippen LogP contribution in [0.1, 0.15) is 25.3 Å². The minimum absolute atomic E-state index is 0.212. The van der Waals surface area contributed by atoms with E-state index in [4.69, 9.17) is 4.74 Å². The van der Waals surface area contributed by atoms with Gasteiger partial charge in [-0.2, -0.15) is 0 Å². The van der Waals surface area contributed by atoms with Gasteiger partial charge in [-0.25, -0.2) is 0 Å². The maximum Gasteiger partial charge on any atom is 0.222 e. The topological polar surface area (TPSA) is 53.0 Å². The molecule has 0 bridgehead atoms. The van der Waals surface area contributed by atoms with Crippen LogP contribution in [0.4, 0.5) is 0 Å². The van der Waals surface area contributed by atoms with Crippen molar-refractivity contribution in [1.29, 1.82) is 0 Å². The van der Waals surface area contributed by atoms with Crippen molar-refractivity contribution in [3.05, 3.63) is 29.8 Å². The van der Waals surface area contributed by atoms with E-state index < -0.39 is 0 Å². The van der Waals surface area contributed by atoms with Crippen LogP contribution >= 0.6 is 0 Å². The Labute approximate surface area is 138 Å². The number of hydrogen-bond acceptors (Lipinski definition) is 4. The summed E-state index contributed by atoms with van der Waals surface area (Å²) in [6.45, 7) is 5.91. The molecule has 1 saturated heterocycles. The van der Waals surface area contributed by atoms with E-state index in [9.17, 15) is 9.90 Å². The van der Waals surface area contributed by atoms with Crippen LogP contribution in [0.2, 0.25) is 0 Å². The Hall–Kier alpha value is -1.59. The van der Waals surface area contributed by atoms with Crippen LogP contribution in [0, 0.1) is 0 Å². The molecule has 1 atom stereocenters. The van der Waals surface area contributed by atoms with E-state index >= 15 is 0 Å². The number of methoxy groups -OCH3 is 1. The Kier molecular flexibility index (Phi) is 6.86. The molecule has 1 N–H and O–H groups in total. The summed E-state index contributed by atoms with van der Waals surface area (Å²) < 4.78 is 5.21. The lowest BCUT2D eigenvalue weighted by atomic mass is 10.1. The molecule has 5 heteroatoms. The third-order valence-electron chi connectivity index (χ3n) is 4.43. The lowest BCUT2D eigenvalue weighted by molar-refractivity contribution is -0.133. The molecular formula is C18H28N2O3. The van der Waals surface area contributed by atoms with E-state index in [-0.39, 0.29) is 12.0 Å². The van der Waals surface area contributed by atoms with E-state index in [1.807, 2.05) is 36.1 Å². The number of rotatable bonds is 7. The third kappa shape index (κ3) is 5.52. The lowest BCUT2D eigenvalue weighted by Gasteiger charge is -2.35. The summed E-state index contributed by atoms with van der Waals surface area (Å²) >= 11 is 0. The first-order valence-electron chi connectivity index (χ1n) is 8.43. The third-order valence-corrected chi connectivity index (χ3v) is 4.43. The van der Waals surface area contributed by atoms with Gasteiger partial charge in [0.1, 0.15) is 5.75 Å². The van der Waals surface area contributed by atoms with Gasteiger partial charge in [0.25, 0.3) is 0 Å². The second-order valence-corrected chi connectivity index (χ2v) is 6.09. The number of ether oxygens (including phenoxy) is 1. The Balaban J connectivity index is 1.74. The highest BCUT2D eigenvalue weighted by molar-refractivity contribution is 5.76. The highest BCUT2D eigenvalue weighted by atomic mass is 16.5. The van der Waals surface area contributed by atoms with E-state index in [1.54, 1.807) is 7.11 Å². The smallest absolute Gasteiger partial charge is 0.222 e. The fourth-order valence-electron chi connectivity index (χ4n) is 2.84. The summed E-state index contributed by atoms with van der Waals surface area (Å²) in [5, 5.41) is 9.71. The average Bonchev–Trinajstić information content (AvgIpc) is 2.60. The van der Waals surface area contributed by atoms with Crippen molar-refractivity contribution in [3.63, 3.8) is 0 Å². The van der Waals surface area contributed by atoms with Gasteiger partial charge in [-0.1, -0.05) is 19.1 Å². The van der Waals surface area contributed by atoms with Gasteiger partial charge in [-0.3, -0.25) is 9.69 Å². The Morgan fingerprint density at radius 2 is 2.04 bits per heavy atom. The predicted octanol–water partition coefficient (Wildman–Crippen LogP) is 1.54. The second kappa shape index (κ2) is 8.89. The molecule has 0 aromatic heterocycles. The first kappa shape index (κ1) is 17.8. The standard InChI is InChI=1S/C18H28N2O3/c1-3-16(21)14-19-9-11-20(12-10-19)18(22)8-7-15-5-4-6-17(13-15)23-2/h4-6,13,16,21H,3,7-12,14H2,1-2H3/t16-/m0/s1. The fourth-order valence-corrected chi connectivity index (χ4v) is 2.84. The molecule has 2 rings (SSSR count). The van der Waals surface area contributed by atoms with Crippen LogP contribution in [0.15, 0.2) is 24.3 Å². The highest BCUT2D eigenvalue weighted by Gasteiger charge is 2.21. The molecule has 1 aliphatic heterocycles. The highest BCUT2D eigenvalue weighted by Crippen LogP contribution is 2.15. The van der Waals surface area contributed by atoms with Crippen molar-refractivity contribution in [1.82, 2.24) is 9.80 Å². The van der Waals surface area contributed by atoms with Gasteiger partial charge in [0.2, 0.25) is 5.91 Å². The monoisotopic (exact) mass is 320 g/mol. The molecule has 1 amide bonds. The van der Waals surface area contributed by atoms with Crippen molar-refractivity contribution in [3.8, 4) is 5.75 Å². The maximum absolute atomic E-state index is 12.3. The summed E-state index contributed by atoms with van der Waals surface area (Å²) in [6.07, 6.45) is 1.79.